The third-order valence-corrected chi connectivity index (χ3v) is 11.0. The number of benzene rings is 2. The first-order valence-electron chi connectivity index (χ1n) is 15.8. The van der Waals surface area contributed by atoms with Crippen molar-refractivity contribution in [3.63, 3.8) is 0 Å². The molecule has 3 aliphatic rings. The summed E-state index contributed by atoms with van der Waals surface area (Å²) in [7, 11) is 3.30. The van der Waals surface area contributed by atoms with Gasteiger partial charge < -0.3 is 25.0 Å². The summed E-state index contributed by atoms with van der Waals surface area (Å²) in [6, 6.07) is 2.27. The fourth-order valence-electron chi connectivity index (χ4n) is 7.59. The van der Waals surface area contributed by atoms with Gasteiger partial charge in [0.1, 0.15) is 23.8 Å². The van der Waals surface area contributed by atoms with Crippen molar-refractivity contribution in [3.8, 4) is 17.1 Å². The zero-order valence-corrected chi connectivity index (χ0v) is 27.6. The van der Waals surface area contributed by atoms with Gasteiger partial charge in [-0.3, -0.25) is 9.69 Å². The number of hydrogen-bond donors (Lipinski definition) is 1. The first-order valence-corrected chi connectivity index (χ1v) is 16.7. The molecule has 1 amide bonds. The molecule has 3 atom stereocenters. The van der Waals surface area contributed by atoms with E-state index < -0.39 is 34.5 Å². The summed E-state index contributed by atoms with van der Waals surface area (Å²) in [6.45, 7) is 5.96. The summed E-state index contributed by atoms with van der Waals surface area (Å²) in [6.07, 6.45) is -0.827. The fourth-order valence-corrected chi connectivity index (χ4v) is 8.35. The highest BCUT2D eigenvalue weighted by atomic mass is 32.1. The van der Waals surface area contributed by atoms with Crippen molar-refractivity contribution in [2.45, 2.75) is 49.5 Å². The van der Waals surface area contributed by atoms with Crippen LogP contribution in [0.2, 0.25) is 0 Å². The highest BCUT2D eigenvalue weighted by molar-refractivity contribution is 7.22. The number of carbonyl (C=O) groups is 1. The van der Waals surface area contributed by atoms with Crippen molar-refractivity contribution in [1.29, 1.82) is 0 Å². The van der Waals surface area contributed by atoms with Crippen LogP contribution in [0.5, 0.6) is 6.01 Å². The molecule has 49 heavy (non-hydrogen) atoms. The fraction of sp³-hybridized carbons (Fsp3) is 0.455. The number of nitrogen functional groups attached to an aromatic ring is 1. The van der Waals surface area contributed by atoms with Crippen LogP contribution in [0.25, 0.3) is 32.2 Å². The molecule has 2 aromatic carbocycles. The van der Waals surface area contributed by atoms with Gasteiger partial charge >= 0.3 is 12.2 Å². The molecular formula is C33H34F5N7O3S. The third-order valence-electron chi connectivity index (χ3n) is 10.1. The largest absolute Gasteiger partial charge is 0.461 e. The SMILES string of the molecule is C=CC(=O)N1CCC(N(C)c2nc(OCC34CCCN3CC(OC)C4)nc3c(F)c(-c4ccc(F)c5sc(N)nc45)c(C(F)(F)F)cc23)C1. The Labute approximate surface area is 282 Å². The Morgan fingerprint density at radius 1 is 1.20 bits per heavy atom. The average Bonchev–Trinajstić information content (AvgIpc) is 3.86. The van der Waals surface area contributed by atoms with Gasteiger partial charge in [-0.05, 0) is 56.5 Å². The predicted molar refractivity (Wildman–Crippen MR) is 176 cm³/mol. The van der Waals surface area contributed by atoms with Crippen LogP contribution in [-0.2, 0) is 15.7 Å². The van der Waals surface area contributed by atoms with Crippen LogP contribution in [0, 0.1) is 11.6 Å². The maximum absolute atomic E-state index is 16.9. The summed E-state index contributed by atoms with van der Waals surface area (Å²) < 4.78 is 88.0. The molecule has 0 aliphatic carbocycles. The van der Waals surface area contributed by atoms with Gasteiger partial charge in [0, 0.05) is 56.3 Å². The number of alkyl halides is 3. The molecular weight excluding hydrogens is 669 g/mol. The van der Waals surface area contributed by atoms with Crippen LogP contribution in [-0.4, -0.2) is 95.3 Å². The number of aromatic nitrogens is 3. The van der Waals surface area contributed by atoms with Crippen molar-refractivity contribution in [1.82, 2.24) is 24.8 Å². The molecule has 3 fully saturated rings. The number of ether oxygens (including phenoxy) is 2. The summed E-state index contributed by atoms with van der Waals surface area (Å²) in [5.74, 6) is -2.30. The maximum atomic E-state index is 16.9. The van der Waals surface area contributed by atoms with Crippen molar-refractivity contribution in [2.24, 2.45) is 0 Å². The van der Waals surface area contributed by atoms with E-state index in [2.05, 4.69) is 26.4 Å². The monoisotopic (exact) mass is 703 g/mol. The minimum atomic E-state index is -5.04. The van der Waals surface area contributed by atoms with Gasteiger partial charge in [-0.1, -0.05) is 17.9 Å². The lowest BCUT2D eigenvalue weighted by molar-refractivity contribution is -0.137. The molecule has 3 aliphatic heterocycles. The van der Waals surface area contributed by atoms with Crippen LogP contribution >= 0.6 is 11.3 Å². The molecule has 3 unspecified atom stereocenters. The van der Waals surface area contributed by atoms with Gasteiger partial charge in [0.25, 0.3) is 0 Å². The molecule has 0 saturated carbocycles. The number of likely N-dealkylation sites (N-methyl/N-ethyl adjacent to an activating group) is 1. The Bertz CT molecular complexity index is 1970. The Morgan fingerprint density at radius 3 is 2.73 bits per heavy atom. The van der Waals surface area contributed by atoms with Crippen LogP contribution in [0.3, 0.4) is 0 Å². The van der Waals surface area contributed by atoms with Gasteiger partial charge in [0.05, 0.1) is 27.4 Å². The van der Waals surface area contributed by atoms with Crippen molar-refractivity contribution >= 4 is 49.3 Å². The number of fused-ring (bicyclic) bond motifs is 3. The second-order valence-corrected chi connectivity index (χ2v) is 13.9. The van der Waals surface area contributed by atoms with E-state index in [0.29, 0.717) is 19.4 Å². The number of likely N-dealkylation sites (tertiary alicyclic amines) is 1. The van der Waals surface area contributed by atoms with Gasteiger partial charge in [-0.25, -0.2) is 13.8 Å². The van der Waals surface area contributed by atoms with E-state index in [-0.39, 0.29) is 74.9 Å². The van der Waals surface area contributed by atoms with Gasteiger partial charge in [0.2, 0.25) is 5.91 Å². The molecule has 4 aromatic rings. The number of carbonyl (C=O) groups excluding carboxylic acids is 1. The molecule has 2 N–H and O–H groups in total. The minimum Gasteiger partial charge on any atom is -0.461 e. The lowest BCUT2D eigenvalue weighted by Crippen LogP contribution is -2.43. The molecule has 16 heteroatoms. The smallest absolute Gasteiger partial charge is 0.417 e. The lowest BCUT2D eigenvalue weighted by atomic mass is 9.94. The summed E-state index contributed by atoms with van der Waals surface area (Å²) in [4.78, 5) is 30.9. The predicted octanol–water partition coefficient (Wildman–Crippen LogP) is 5.64. The van der Waals surface area contributed by atoms with Crippen molar-refractivity contribution < 1.29 is 36.2 Å². The van der Waals surface area contributed by atoms with Gasteiger partial charge in [-0.2, -0.15) is 23.1 Å². The van der Waals surface area contributed by atoms with Crippen LogP contribution in [0.1, 0.15) is 31.2 Å². The molecule has 5 heterocycles. The number of amides is 1. The van der Waals surface area contributed by atoms with E-state index in [1.54, 1.807) is 24.0 Å². The van der Waals surface area contributed by atoms with E-state index in [1.165, 1.54) is 6.08 Å². The number of thiazole rings is 1. The highest BCUT2D eigenvalue weighted by Gasteiger charge is 2.49. The van der Waals surface area contributed by atoms with Crippen molar-refractivity contribution in [2.75, 3.05) is 57.6 Å². The van der Waals surface area contributed by atoms with Gasteiger partial charge in [-0.15, -0.1) is 0 Å². The van der Waals surface area contributed by atoms with Crippen molar-refractivity contribution in [3.05, 3.63) is 48.1 Å². The summed E-state index contributed by atoms with van der Waals surface area (Å²) in [5.41, 5.74) is 2.43. The zero-order valence-electron chi connectivity index (χ0n) is 26.8. The second-order valence-electron chi connectivity index (χ2n) is 12.8. The van der Waals surface area contributed by atoms with Gasteiger partial charge in [0.15, 0.2) is 10.9 Å². The first kappa shape index (κ1) is 33.4. The first-order chi connectivity index (χ1) is 23.3. The summed E-state index contributed by atoms with van der Waals surface area (Å²) >= 11 is 0.753. The second kappa shape index (κ2) is 12.3. The lowest BCUT2D eigenvalue weighted by Gasteiger charge is -2.31. The van der Waals surface area contributed by atoms with E-state index >= 15 is 4.39 Å². The quantitative estimate of drug-likeness (QED) is 0.184. The topological polar surface area (TPSA) is 110 Å². The Balaban J connectivity index is 1.40. The number of methoxy groups -OCH3 is 1. The van der Waals surface area contributed by atoms with E-state index in [4.69, 9.17) is 15.2 Å². The molecule has 3 saturated heterocycles. The number of anilines is 2. The van der Waals surface area contributed by atoms with E-state index in [0.717, 1.165) is 55.5 Å². The highest BCUT2D eigenvalue weighted by Crippen LogP contribution is 2.46. The molecule has 260 valence electrons. The zero-order chi connectivity index (χ0) is 34.8. The number of nitrogens with zero attached hydrogens (tertiary/aromatic N) is 6. The van der Waals surface area contributed by atoms with Crippen LogP contribution in [0.15, 0.2) is 30.9 Å². The standard InChI is InChI=1S/C33H34F5N7O3S/c1-4-23(46)44-11-8-17(14-44)43(2)29-20-12-21(33(36,37)38)24(19-6-7-22(34)28-27(19)40-30(39)49-28)25(35)26(20)41-31(42-29)48-16-32-9-5-10-45(32)15-18(13-32)47-3/h4,6-7,12,17-18H,1,5,8-11,13-16H2,2-3H3,(H2,39,40). The Kier molecular flexibility index (Phi) is 8.38. The average molecular weight is 704 g/mol. The van der Waals surface area contributed by atoms with E-state index in [1.807, 2.05) is 0 Å². The molecule has 2 aromatic heterocycles. The third kappa shape index (κ3) is 5.72. The molecule has 10 nitrogen and oxygen atoms in total. The number of hydrogen-bond acceptors (Lipinski definition) is 10. The molecule has 0 bridgehead atoms. The maximum Gasteiger partial charge on any atom is 0.417 e. The number of nitrogens with two attached hydrogens (primary N) is 1. The van der Waals surface area contributed by atoms with Crippen LogP contribution < -0.4 is 15.4 Å². The molecule has 7 rings (SSSR count). The van der Waals surface area contributed by atoms with Crippen LogP contribution in [0.4, 0.5) is 32.9 Å². The number of rotatable bonds is 8. The summed E-state index contributed by atoms with van der Waals surface area (Å²) in [5, 5.41) is -0.282. The van der Waals surface area contributed by atoms with E-state index in [9.17, 15) is 22.4 Å². The molecule has 0 radical (unpaired) electrons. The molecule has 0 spiro atoms. The Morgan fingerprint density at radius 2 is 2.00 bits per heavy atom. The number of halogens is 5. The Hall–Kier alpha value is -4.15. The normalized spacial score (nSPS) is 22.7. The minimum absolute atomic E-state index is 0.0120.